The molecule has 1 heterocycles. The number of halogens is 1. The van der Waals surface area contributed by atoms with Crippen molar-refractivity contribution in [2.24, 2.45) is 0 Å². The summed E-state index contributed by atoms with van der Waals surface area (Å²) in [4.78, 5) is -0.117. The number of hydrogen-bond acceptors (Lipinski definition) is 4. The maximum absolute atomic E-state index is 13.2. The van der Waals surface area contributed by atoms with Gasteiger partial charge in [-0.3, -0.25) is 0 Å². The molecule has 1 aliphatic heterocycles. The molecule has 0 aromatic heterocycles. The van der Waals surface area contributed by atoms with E-state index in [1.54, 1.807) is 6.92 Å². The first-order valence-corrected chi connectivity index (χ1v) is 7.01. The predicted molar refractivity (Wildman–Crippen MR) is 65.0 cm³/mol. The zero-order chi connectivity index (χ0) is 13.3. The van der Waals surface area contributed by atoms with E-state index in [1.165, 1.54) is 10.4 Å². The summed E-state index contributed by atoms with van der Waals surface area (Å²) >= 11 is 0. The van der Waals surface area contributed by atoms with Crippen LogP contribution in [0.2, 0.25) is 0 Å². The molecule has 0 amide bonds. The van der Waals surface area contributed by atoms with E-state index >= 15 is 0 Å². The Kier molecular flexibility index (Phi) is 3.56. The highest BCUT2D eigenvalue weighted by atomic mass is 32.2. The van der Waals surface area contributed by atoms with Crippen LogP contribution in [-0.4, -0.2) is 38.5 Å². The number of benzene rings is 1. The number of anilines is 1. The van der Waals surface area contributed by atoms with E-state index in [-0.39, 0.29) is 29.8 Å². The molecule has 1 fully saturated rings. The summed E-state index contributed by atoms with van der Waals surface area (Å²) < 4.78 is 44.4. The van der Waals surface area contributed by atoms with E-state index in [0.717, 1.165) is 12.1 Å². The molecule has 100 valence electrons. The first-order valence-electron chi connectivity index (χ1n) is 5.57. The molecule has 18 heavy (non-hydrogen) atoms. The highest BCUT2D eigenvalue weighted by Gasteiger charge is 2.29. The summed E-state index contributed by atoms with van der Waals surface area (Å²) in [5.74, 6) is -0.658. The molecule has 0 bridgehead atoms. The molecule has 2 rings (SSSR count). The summed E-state index contributed by atoms with van der Waals surface area (Å²) in [5.41, 5.74) is 5.56. The number of morpholine rings is 1. The summed E-state index contributed by atoms with van der Waals surface area (Å²) in [5, 5.41) is 0. The second-order valence-corrected chi connectivity index (χ2v) is 6.20. The Bertz CT molecular complexity index is 527. The van der Waals surface area contributed by atoms with Crippen LogP contribution in [0, 0.1) is 5.82 Å². The lowest BCUT2D eigenvalue weighted by Crippen LogP contribution is -2.44. The SMILES string of the molecule is CC1CN(S(=O)(=O)c2cc(N)cc(F)c2)CCO1. The van der Waals surface area contributed by atoms with Gasteiger partial charge in [0.1, 0.15) is 5.82 Å². The van der Waals surface area contributed by atoms with Gasteiger partial charge in [-0.1, -0.05) is 0 Å². The van der Waals surface area contributed by atoms with E-state index in [0.29, 0.717) is 6.61 Å². The highest BCUT2D eigenvalue weighted by Crippen LogP contribution is 2.21. The Hall–Kier alpha value is -1.18. The number of nitrogens with zero attached hydrogens (tertiary/aromatic N) is 1. The molecule has 1 atom stereocenters. The standard InChI is InChI=1S/C11H15FN2O3S/c1-8-7-14(2-3-17-8)18(15,16)11-5-9(12)4-10(13)6-11/h4-6,8H,2-3,7,13H2,1H3. The Balaban J connectivity index is 2.35. The number of ether oxygens (including phenoxy) is 1. The number of hydrogen-bond donors (Lipinski definition) is 1. The van der Waals surface area contributed by atoms with Crippen LogP contribution >= 0.6 is 0 Å². The van der Waals surface area contributed by atoms with Gasteiger partial charge >= 0.3 is 0 Å². The molecular weight excluding hydrogens is 259 g/mol. The van der Waals surface area contributed by atoms with Crippen molar-refractivity contribution in [2.45, 2.75) is 17.9 Å². The van der Waals surface area contributed by atoms with Crippen molar-refractivity contribution in [1.82, 2.24) is 4.31 Å². The Labute approximate surface area is 105 Å². The van der Waals surface area contributed by atoms with Crippen LogP contribution in [0.15, 0.2) is 23.1 Å². The van der Waals surface area contributed by atoms with Crippen LogP contribution in [0.5, 0.6) is 0 Å². The van der Waals surface area contributed by atoms with Gasteiger partial charge in [0.25, 0.3) is 0 Å². The minimum absolute atomic E-state index is 0.0925. The lowest BCUT2D eigenvalue weighted by Gasteiger charge is -2.30. The van der Waals surface area contributed by atoms with Gasteiger partial charge < -0.3 is 10.5 Å². The van der Waals surface area contributed by atoms with Gasteiger partial charge in [0.05, 0.1) is 17.6 Å². The van der Waals surface area contributed by atoms with Crippen molar-refractivity contribution < 1.29 is 17.5 Å². The van der Waals surface area contributed by atoms with Crippen LogP contribution in [0.4, 0.5) is 10.1 Å². The average molecular weight is 274 g/mol. The second-order valence-electron chi connectivity index (χ2n) is 4.26. The maximum atomic E-state index is 13.2. The Morgan fingerprint density at radius 2 is 2.17 bits per heavy atom. The maximum Gasteiger partial charge on any atom is 0.243 e. The molecule has 1 saturated heterocycles. The van der Waals surface area contributed by atoms with Crippen molar-refractivity contribution in [3.63, 3.8) is 0 Å². The molecule has 1 aliphatic rings. The van der Waals surface area contributed by atoms with E-state index < -0.39 is 15.8 Å². The first kappa shape index (κ1) is 13.3. The summed E-state index contributed by atoms with van der Waals surface area (Å²) in [6.45, 7) is 2.66. The van der Waals surface area contributed by atoms with Crippen molar-refractivity contribution in [3.8, 4) is 0 Å². The Morgan fingerprint density at radius 3 is 2.78 bits per heavy atom. The topological polar surface area (TPSA) is 72.6 Å². The normalized spacial score (nSPS) is 22.0. The second kappa shape index (κ2) is 4.83. The van der Waals surface area contributed by atoms with E-state index in [1.807, 2.05) is 0 Å². The van der Waals surface area contributed by atoms with Crippen molar-refractivity contribution >= 4 is 15.7 Å². The molecule has 0 spiro atoms. The summed E-state index contributed by atoms with van der Waals surface area (Å²) in [6.07, 6.45) is -0.167. The third-order valence-electron chi connectivity index (χ3n) is 2.74. The Morgan fingerprint density at radius 1 is 1.44 bits per heavy atom. The largest absolute Gasteiger partial charge is 0.399 e. The lowest BCUT2D eigenvalue weighted by atomic mass is 10.3. The van der Waals surface area contributed by atoms with E-state index in [2.05, 4.69) is 0 Å². The molecule has 1 unspecified atom stereocenters. The number of rotatable bonds is 2. The van der Waals surface area contributed by atoms with Crippen LogP contribution in [0.25, 0.3) is 0 Å². The average Bonchev–Trinajstić information content (AvgIpc) is 2.27. The van der Waals surface area contributed by atoms with Crippen molar-refractivity contribution in [1.29, 1.82) is 0 Å². The van der Waals surface area contributed by atoms with Gasteiger partial charge in [-0.15, -0.1) is 0 Å². The number of nitrogen functional groups attached to an aromatic ring is 1. The van der Waals surface area contributed by atoms with Crippen LogP contribution in [-0.2, 0) is 14.8 Å². The van der Waals surface area contributed by atoms with Crippen LogP contribution in [0.1, 0.15) is 6.92 Å². The highest BCUT2D eigenvalue weighted by molar-refractivity contribution is 7.89. The molecule has 1 aromatic carbocycles. The van der Waals surface area contributed by atoms with Crippen LogP contribution in [0.3, 0.4) is 0 Å². The molecule has 0 radical (unpaired) electrons. The van der Waals surface area contributed by atoms with Gasteiger partial charge in [0, 0.05) is 18.8 Å². The van der Waals surface area contributed by atoms with E-state index in [9.17, 15) is 12.8 Å². The van der Waals surface area contributed by atoms with Gasteiger partial charge in [-0.25, -0.2) is 12.8 Å². The monoisotopic (exact) mass is 274 g/mol. The van der Waals surface area contributed by atoms with Crippen molar-refractivity contribution in [3.05, 3.63) is 24.0 Å². The minimum atomic E-state index is -3.71. The smallest absolute Gasteiger partial charge is 0.243 e. The van der Waals surface area contributed by atoms with E-state index in [4.69, 9.17) is 10.5 Å². The molecule has 0 saturated carbocycles. The number of sulfonamides is 1. The third-order valence-corrected chi connectivity index (χ3v) is 4.58. The fourth-order valence-corrected chi connectivity index (χ4v) is 3.45. The first-order chi connectivity index (χ1) is 8.39. The fraction of sp³-hybridized carbons (Fsp3) is 0.455. The number of nitrogens with two attached hydrogens (primary N) is 1. The molecule has 2 N–H and O–H groups in total. The quantitative estimate of drug-likeness (QED) is 0.810. The van der Waals surface area contributed by atoms with Gasteiger partial charge in [-0.2, -0.15) is 4.31 Å². The third kappa shape index (κ3) is 2.63. The zero-order valence-corrected chi connectivity index (χ0v) is 10.8. The molecule has 7 heteroatoms. The van der Waals surface area contributed by atoms with Crippen molar-refractivity contribution in [2.75, 3.05) is 25.4 Å². The van der Waals surface area contributed by atoms with Gasteiger partial charge in [-0.05, 0) is 25.1 Å². The molecule has 5 nitrogen and oxygen atoms in total. The summed E-state index contributed by atoms with van der Waals surface area (Å²) in [6, 6.07) is 3.32. The minimum Gasteiger partial charge on any atom is -0.399 e. The predicted octanol–water partition coefficient (Wildman–Crippen LogP) is 0.817. The van der Waals surface area contributed by atoms with Crippen LogP contribution < -0.4 is 5.73 Å². The molecular formula is C11H15FN2O3S. The zero-order valence-electron chi connectivity index (χ0n) is 9.97. The lowest BCUT2D eigenvalue weighted by molar-refractivity contribution is 0.0102. The van der Waals surface area contributed by atoms with Gasteiger partial charge in [0.15, 0.2) is 0 Å². The summed E-state index contributed by atoms with van der Waals surface area (Å²) in [7, 11) is -3.71. The molecule has 1 aromatic rings. The molecule has 0 aliphatic carbocycles. The van der Waals surface area contributed by atoms with Gasteiger partial charge in [0.2, 0.25) is 10.0 Å². The fourth-order valence-electron chi connectivity index (χ4n) is 1.89.